The second-order valence-corrected chi connectivity index (χ2v) is 7.42. The van der Waals surface area contributed by atoms with Gasteiger partial charge in [0, 0.05) is 22.3 Å². The predicted molar refractivity (Wildman–Crippen MR) is 102 cm³/mol. The van der Waals surface area contributed by atoms with Crippen LogP contribution in [0.25, 0.3) is 0 Å². The van der Waals surface area contributed by atoms with Gasteiger partial charge in [0.2, 0.25) is 0 Å². The van der Waals surface area contributed by atoms with Crippen LogP contribution in [-0.2, 0) is 0 Å². The number of fused-ring (bicyclic) bond motifs is 1. The van der Waals surface area contributed by atoms with Gasteiger partial charge in [-0.05, 0) is 43.7 Å². The van der Waals surface area contributed by atoms with Crippen molar-refractivity contribution in [3.05, 3.63) is 48.0 Å². The minimum absolute atomic E-state index is 0.0106. The van der Waals surface area contributed by atoms with Crippen molar-refractivity contribution in [3.63, 3.8) is 0 Å². The van der Waals surface area contributed by atoms with Gasteiger partial charge in [0.15, 0.2) is 11.5 Å². The van der Waals surface area contributed by atoms with E-state index in [0.717, 1.165) is 17.0 Å². The first-order chi connectivity index (χ1) is 12.1. The number of thioether (sulfide) groups is 1. The Morgan fingerprint density at radius 3 is 2.80 bits per heavy atom. The molecule has 0 aliphatic carbocycles. The zero-order valence-corrected chi connectivity index (χ0v) is 15.6. The molecule has 25 heavy (non-hydrogen) atoms. The number of ether oxygens (including phenoxy) is 2. The van der Waals surface area contributed by atoms with Gasteiger partial charge in [-0.2, -0.15) is 0 Å². The molecule has 2 aromatic rings. The van der Waals surface area contributed by atoms with Crippen LogP contribution in [0.3, 0.4) is 0 Å². The van der Waals surface area contributed by atoms with Crippen LogP contribution in [0, 0.1) is 0 Å². The van der Waals surface area contributed by atoms with Crippen molar-refractivity contribution in [2.45, 2.75) is 30.4 Å². The summed E-state index contributed by atoms with van der Waals surface area (Å²) in [4.78, 5) is 16.2. The average molecular weight is 357 g/mol. The fourth-order valence-electron chi connectivity index (χ4n) is 2.93. The van der Waals surface area contributed by atoms with Crippen molar-refractivity contribution in [1.29, 1.82) is 0 Å². The lowest BCUT2D eigenvalue weighted by molar-refractivity contribution is 0.0986. The zero-order chi connectivity index (χ0) is 17.8. The molecule has 0 saturated carbocycles. The van der Waals surface area contributed by atoms with Crippen molar-refractivity contribution in [2.75, 3.05) is 25.2 Å². The summed E-state index contributed by atoms with van der Waals surface area (Å²) in [6.45, 7) is 5.39. The van der Waals surface area contributed by atoms with Crippen LogP contribution in [0.5, 0.6) is 11.5 Å². The third-order valence-corrected chi connectivity index (χ3v) is 5.44. The quantitative estimate of drug-likeness (QED) is 0.800. The van der Waals surface area contributed by atoms with Gasteiger partial charge in [-0.15, -0.1) is 11.8 Å². The maximum absolute atomic E-state index is 13.2. The normalized spacial score (nSPS) is 16.8. The molecule has 0 fully saturated rings. The first kappa shape index (κ1) is 17.7. The highest BCUT2D eigenvalue weighted by atomic mass is 32.2. The summed E-state index contributed by atoms with van der Waals surface area (Å²) in [7, 11) is 1.59. The second kappa shape index (κ2) is 7.83. The molecule has 1 aliphatic rings. The van der Waals surface area contributed by atoms with Gasteiger partial charge in [-0.1, -0.05) is 19.1 Å². The number of nitrogens with zero attached hydrogens (tertiary/aromatic N) is 1. The van der Waals surface area contributed by atoms with Crippen molar-refractivity contribution in [3.8, 4) is 11.5 Å². The van der Waals surface area contributed by atoms with E-state index in [9.17, 15) is 4.79 Å². The summed E-state index contributed by atoms with van der Waals surface area (Å²) < 4.78 is 10.9. The van der Waals surface area contributed by atoms with Gasteiger partial charge in [0.25, 0.3) is 5.91 Å². The highest BCUT2D eigenvalue weighted by Gasteiger charge is 2.25. The Morgan fingerprint density at radius 1 is 1.24 bits per heavy atom. The van der Waals surface area contributed by atoms with E-state index in [-0.39, 0.29) is 5.91 Å². The lowest BCUT2D eigenvalue weighted by Gasteiger charge is -2.23. The summed E-state index contributed by atoms with van der Waals surface area (Å²) in [6, 6.07) is 13.5. The summed E-state index contributed by atoms with van der Waals surface area (Å²) in [5.41, 5.74) is 1.59. The molecule has 5 heteroatoms. The molecule has 2 aromatic carbocycles. The number of amides is 1. The molecular weight excluding hydrogens is 334 g/mol. The zero-order valence-electron chi connectivity index (χ0n) is 14.8. The van der Waals surface area contributed by atoms with E-state index in [1.54, 1.807) is 25.3 Å². The van der Waals surface area contributed by atoms with Crippen LogP contribution in [0.4, 0.5) is 5.69 Å². The Kier molecular flexibility index (Phi) is 5.53. The molecule has 1 amide bonds. The van der Waals surface area contributed by atoms with Crippen molar-refractivity contribution >= 4 is 23.4 Å². The molecule has 4 nitrogen and oxygen atoms in total. The number of hydrogen-bond acceptors (Lipinski definition) is 4. The van der Waals surface area contributed by atoms with E-state index in [1.165, 1.54) is 0 Å². The van der Waals surface area contributed by atoms with Gasteiger partial charge in [-0.25, -0.2) is 0 Å². The maximum Gasteiger partial charge on any atom is 0.258 e. The van der Waals surface area contributed by atoms with Gasteiger partial charge in [0.05, 0.1) is 19.4 Å². The Balaban J connectivity index is 1.95. The summed E-state index contributed by atoms with van der Waals surface area (Å²) in [6.07, 6.45) is 0.958. The molecule has 0 aromatic heterocycles. The number of benzene rings is 2. The standard InChI is InChI=1S/C20H23NO3S/c1-4-24-17-10-9-15(13-18(17)23-3)20(22)21-12-11-14(2)25-19-8-6-5-7-16(19)21/h5-10,13-14H,4,11-12H2,1-3H3. The monoisotopic (exact) mass is 357 g/mol. The number of carbonyl (C=O) groups excluding carboxylic acids is 1. The number of para-hydroxylation sites is 1. The summed E-state index contributed by atoms with van der Waals surface area (Å²) >= 11 is 1.83. The molecule has 1 heterocycles. The van der Waals surface area contributed by atoms with E-state index in [4.69, 9.17) is 9.47 Å². The van der Waals surface area contributed by atoms with Crippen LogP contribution >= 0.6 is 11.8 Å². The highest BCUT2D eigenvalue weighted by Crippen LogP contribution is 2.38. The number of anilines is 1. The summed E-state index contributed by atoms with van der Waals surface area (Å²) in [5.74, 6) is 1.23. The Morgan fingerprint density at radius 2 is 2.04 bits per heavy atom. The molecule has 0 N–H and O–H groups in total. The van der Waals surface area contributed by atoms with E-state index < -0.39 is 0 Å². The molecular formula is C20H23NO3S. The number of methoxy groups -OCH3 is 1. The molecule has 0 saturated heterocycles. The molecule has 1 unspecified atom stereocenters. The third kappa shape index (κ3) is 3.76. The van der Waals surface area contributed by atoms with Crippen LogP contribution in [0.15, 0.2) is 47.4 Å². The highest BCUT2D eigenvalue weighted by molar-refractivity contribution is 8.00. The van der Waals surface area contributed by atoms with Crippen LogP contribution in [0.2, 0.25) is 0 Å². The maximum atomic E-state index is 13.2. The molecule has 1 atom stereocenters. The van der Waals surface area contributed by atoms with Crippen LogP contribution in [-0.4, -0.2) is 31.4 Å². The number of rotatable bonds is 4. The van der Waals surface area contributed by atoms with Gasteiger partial charge in [-0.3, -0.25) is 4.79 Å². The van der Waals surface area contributed by atoms with Crippen LogP contribution in [0.1, 0.15) is 30.6 Å². The Labute approximate surface area is 153 Å². The minimum Gasteiger partial charge on any atom is -0.493 e. The Bertz CT molecular complexity index is 762. The first-order valence-corrected chi connectivity index (χ1v) is 9.40. The fraction of sp³-hybridized carbons (Fsp3) is 0.350. The predicted octanol–water partition coefficient (Wildman–Crippen LogP) is 4.63. The smallest absolute Gasteiger partial charge is 0.258 e. The average Bonchev–Trinajstić information content (AvgIpc) is 2.80. The van der Waals surface area contributed by atoms with Gasteiger partial charge >= 0.3 is 0 Å². The second-order valence-electron chi connectivity index (χ2n) is 5.94. The van der Waals surface area contributed by atoms with E-state index >= 15 is 0 Å². The minimum atomic E-state index is -0.0106. The first-order valence-electron chi connectivity index (χ1n) is 8.52. The SMILES string of the molecule is CCOc1ccc(C(=O)N2CCC(C)Sc3ccccc32)cc1OC. The summed E-state index contributed by atoms with van der Waals surface area (Å²) in [5, 5.41) is 0.480. The molecule has 0 spiro atoms. The molecule has 0 bridgehead atoms. The lowest BCUT2D eigenvalue weighted by Crippen LogP contribution is -2.32. The van der Waals surface area contributed by atoms with Crippen LogP contribution < -0.4 is 14.4 Å². The third-order valence-electron chi connectivity index (χ3n) is 4.20. The van der Waals surface area contributed by atoms with E-state index in [1.807, 2.05) is 41.8 Å². The largest absolute Gasteiger partial charge is 0.493 e. The van der Waals surface area contributed by atoms with E-state index in [0.29, 0.717) is 35.5 Å². The molecule has 132 valence electrons. The molecule has 0 radical (unpaired) electrons. The molecule has 1 aliphatic heterocycles. The lowest BCUT2D eigenvalue weighted by atomic mass is 10.1. The van der Waals surface area contributed by atoms with Crippen molar-refractivity contribution in [1.82, 2.24) is 0 Å². The van der Waals surface area contributed by atoms with Crippen molar-refractivity contribution < 1.29 is 14.3 Å². The van der Waals surface area contributed by atoms with Crippen molar-refractivity contribution in [2.24, 2.45) is 0 Å². The fourth-order valence-corrected chi connectivity index (χ4v) is 4.04. The number of carbonyl (C=O) groups is 1. The molecule has 3 rings (SSSR count). The van der Waals surface area contributed by atoms with Gasteiger partial charge < -0.3 is 14.4 Å². The number of hydrogen-bond donors (Lipinski definition) is 0. The Hall–Kier alpha value is -2.14. The topological polar surface area (TPSA) is 38.8 Å². The van der Waals surface area contributed by atoms with Gasteiger partial charge in [0.1, 0.15) is 0 Å². The van der Waals surface area contributed by atoms with E-state index in [2.05, 4.69) is 13.0 Å².